The number of hydrogen-bond acceptors (Lipinski definition) is 4. The van der Waals surface area contributed by atoms with Crippen molar-refractivity contribution in [1.29, 1.82) is 0 Å². The summed E-state index contributed by atoms with van der Waals surface area (Å²) in [6, 6.07) is 8.07. The molecule has 0 spiro atoms. The Hall–Kier alpha value is -2.17. The second-order valence-electron chi connectivity index (χ2n) is 5.42. The summed E-state index contributed by atoms with van der Waals surface area (Å²) in [6.07, 6.45) is 3.78. The number of piperidine rings is 1. The molecule has 5 heteroatoms. The molecule has 1 aromatic carbocycles. The molecule has 1 fully saturated rings. The predicted octanol–water partition coefficient (Wildman–Crippen LogP) is 3.64. The van der Waals surface area contributed by atoms with E-state index in [0.29, 0.717) is 5.88 Å². The van der Waals surface area contributed by atoms with Crippen molar-refractivity contribution in [3.63, 3.8) is 0 Å². The number of anilines is 1. The second kappa shape index (κ2) is 6.08. The molecule has 1 aliphatic rings. The number of rotatable bonds is 3. The summed E-state index contributed by atoms with van der Waals surface area (Å²) >= 11 is 0. The van der Waals surface area contributed by atoms with Crippen LogP contribution in [-0.2, 0) is 0 Å². The van der Waals surface area contributed by atoms with Crippen molar-refractivity contribution in [2.75, 3.05) is 18.0 Å². The van der Waals surface area contributed by atoms with E-state index in [-0.39, 0.29) is 5.75 Å². The van der Waals surface area contributed by atoms with E-state index >= 15 is 0 Å². The van der Waals surface area contributed by atoms with E-state index in [4.69, 9.17) is 4.74 Å². The topological polar surface area (TPSA) is 38.2 Å². The second-order valence-corrected chi connectivity index (χ2v) is 5.42. The maximum atomic E-state index is 13.6. The van der Waals surface area contributed by atoms with Gasteiger partial charge in [0.1, 0.15) is 12.1 Å². The van der Waals surface area contributed by atoms with Crippen LogP contribution in [0.4, 0.5) is 10.2 Å². The predicted molar refractivity (Wildman–Crippen MR) is 79.1 cm³/mol. The summed E-state index contributed by atoms with van der Waals surface area (Å²) in [4.78, 5) is 10.6. The number of nitrogens with zero attached hydrogens (tertiary/aromatic N) is 3. The Balaban J connectivity index is 1.76. The molecule has 1 aromatic heterocycles. The van der Waals surface area contributed by atoms with Crippen LogP contribution in [0.2, 0.25) is 0 Å². The lowest BCUT2D eigenvalue weighted by atomic mass is 9.99. The van der Waals surface area contributed by atoms with Gasteiger partial charge in [-0.05, 0) is 30.9 Å². The third-order valence-electron chi connectivity index (χ3n) is 3.79. The van der Waals surface area contributed by atoms with Gasteiger partial charge < -0.3 is 9.64 Å². The van der Waals surface area contributed by atoms with Gasteiger partial charge in [0, 0.05) is 19.2 Å². The number of para-hydroxylation sites is 1. The summed E-state index contributed by atoms with van der Waals surface area (Å²) in [6.45, 7) is 4.23. The molecule has 2 aromatic rings. The molecule has 0 saturated carbocycles. The molecule has 1 aliphatic heterocycles. The fourth-order valence-corrected chi connectivity index (χ4v) is 2.44. The normalized spacial score (nSPS) is 16.0. The van der Waals surface area contributed by atoms with Crippen LogP contribution in [0.25, 0.3) is 0 Å². The number of halogens is 1. The minimum atomic E-state index is -0.399. The first-order chi connectivity index (χ1) is 10.2. The van der Waals surface area contributed by atoms with Crippen molar-refractivity contribution in [2.45, 2.75) is 19.8 Å². The van der Waals surface area contributed by atoms with E-state index in [9.17, 15) is 4.39 Å². The van der Waals surface area contributed by atoms with E-state index in [1.807, 2.05) is 0 Å². The van der Waals surface area contributed by atoms with Gasteiger partial charge in [-0.1, -0.05) is 19.1 Å². The van der Waals surface area contributed by atoms with E-state index in [2.05, 4.69) is 21.8 Å². The van der Waals surface area contributed by atoms with Crippen LogP contribution in [0, 0.1) is 11.7 Å². The quantitative estimate of drug-likeness (QED) is 0.863. The van der Waals surface area contributed by atoms with Gasteiger partial charge in [0.2, 0.25) is 5.88 Å². The first-order valence-corrected chi connectivity index (χ1v) is 7.22. The first kappa shape index (κ1) is 13.8. The average Bonchev–Trinajstić information content (AvgIpc) is 2.51. The molecule has 0 aliphatic carbocycles. The lowest BCUT2D eigenvalue weighted by Crippen LogP contribution is -2.33. The molecule has 0 bridgehead atoms. The maximum absolute atomic E-state index is 13.6. The summed E-state index contributed by atoms with van der Waals surface area (Å²) in [5, 5.41) is 0. The Morgan fingerprint density at radius 1 is 1.19 bits per heavy atom. The minimum Gasteiger partial charge on any atom is -0.436 e. The molecule has 1 saturated heterocycles. The number of ether oxygens (including phenoxy) is 1. The summed E-state index contributed by atoms with van der Waals surface area (Å²) < 4.78 is 19.1. The van der Waals surface area contributed by atoms with Crippen LogP contribution < -0.4 is 9.64 Å². The number of hydrogen-bond donors (Lipinski definition) is 0. The van der Waals surface area contributed by atoms with Gasteiger partial charge in [0.25, 0.3) is 0 Å². The lowest BCUT2D eigenvalue weighted by Gasteiger charge is -2.31. The molecule has 3 rings (SSSR count). The highest BCUT2D eigenvalue weighted by molar-refractivity contribution is 5.42. The zero-order valence-corrected chi connectivity index (χ0v) is 12.0. The Kier molecular flexibility index (Phi) is 3.99. The van der Waals surface area contributed by atoms with Crippen LogP contribution in [0.1, 0.15) is 19.8 Å². The van der Waals surface area contributed by atoms with Gasteiger partial charge in [-0.15, -0.1) is 0 Å². The average molecular weight is 287 g/mol. The van der Waals surface area contributed by atoms with Gasteiger partial charge >= 0.3 is 0 Å². The summed E-state index contributed by atoms with van der Waals surface area (Å²) in [5.41, 5.74) is 0. The zero-order valence-electron chi connectivity index (χ0n) is 12.0. The highest BCUT2D eigenvalue weighted by Gasteiger charge is 2.17. The summed E-state index contributed by atoms with van der Waals surface area (Å²) in [5.74, 6) is 1.74. The van der Waals surface area contributed by atoms with E-state index in [1.165, 1.54) is 12.4 Å². The van der Waals surface area contributed by atoms with Gasteiger partial charge in [0.05, 0.1) is 0 Å². The molecule has 0 atom stereocenters. The SMILES string of the molecule is CC1CCN(c2cc(Oc3ccccc3F)ncn2)CC1. The molecule has 4 nitrogen and oxygen atoms in total. The van der Waals surface area contributed by atoms with E-state index in [1.54, 1.807) is 24.3 Å². The molecule has 0 amide bonds. The van der Waals surface area contributed by atoms with Gasteiger partial charge in [-0.2, -0.15) is 0 Å². The van der Waals surface area contributed by atoms with Crippen LogP contribution in [-0.4, -0.2) is 23.1 Å². The zero-order chi connectivity index (χ0) is 14.7. The van der Waals surface area contributed by atoms with Crippen molar-refractivity contribution in [3.8, 4) is 11.6 Å². The fraction of sp³-hybridized carbons (Fsp3) is 0.375. The van der Waals surface area contributed by atoms with Crippen LogP contribution in [0.15, 0.2) is 36.7 Å². The van der Waals surface area contributed by atoms with Crippen molar-refractivity contribution in [1.82, 2.24) is 9.97 Å². The minimum absolute atomic E-state index is 0.175. The smallest absolute Gasteiger partial charge is 0.224 e. The van der Waals surface area contributed by atoms with Crippen molar-refractivity contribution in [2.24, 2.45) is 5.92 Å². The largest absolute Gasteiger partial charge is 0.436 e. The standard InChI is InChI=1S/C16H18FN3O/c1-12-6-8-20(9-7-12)15-10-16(19-11-18-15)21-14-5-3-2-4-13(14)17/h2-5,10-12H,6-9H2,1H3. The Labute approximate surface area is 123 Å². The third kappa shape index (κ3) is 3.29. The Bertz CT molecular complexity index is 612. The van der Waals surface area contributed by atoms with E-state index in [0.717, 1.165) is 37.7 Å². The van der Waals surface area contributed by atoms with Gasteiger partial charge in [-0.25, -0.2) is 14.4 Å². The molecule has 0 N–H and O–H groups in total. The summed E-state index contributed by atoms with van der Waals surface area (Å²) in [7, 11) is 0. The van der Waals surface area contributed by atoms with E-state index < -0.39 is 5.82 Å². The van der Waals surface area contributed by atoms with Crippen LogP contribution in [0.5, 0.6) is 11.6 Å². The molecule has 0 radical (unpaired) electrons. The van der Waals surface area contributed by atoms with Gasteiger partial charge in [-0.3, -0.25) is 0 Å². The first-order valence-electron chi connectivity index (χ1n) is 7.22. The lowest BCUT2D eigenvalue weighted by molar-refractivity contribution is 0.422. The molecule has 21 heavy (non-hydrogen) atoms. The molecular weight excluding hydrogens is 269 g/mol. The Morgan fingerprint density at radius 3 is 2.71 bits per heavy atom. The Morgan fingerprint density at radius 2 is 1.95 bits per heavy atom. The number of aromatic nitrogens is 2. The molecule has 0 unspecified atom stereocenters. The van der Waals surface area contributed by atoms with Crippen LogP contribution in [0.3, 0.4) is 0 Å². The highest BCUT2D eigenvalue weighted by Crippen LogP contribution is 2.26. The monoisotopic (exact) mass is 287 g/mol. The maximum Gasteiger partial charge on any atom is 0.224 e. The third-order valence-corrected chi connectivity index (χ3v) is 3.79. The van der Waals surface area contributed by atoms with Crippen molar-refractivity contribution < 1.29 is 9.13 Å². The van der Waals surface area contributed by atoms with Crippen molar-refractivity contribution in [3.05, 3.63) is 42.5 Å². The number of benzene rings is 1. The molecule has 110 valence electrons. The fourth-order valence-electron chi connectivity index (χ4n) is 2.44. The van der Waals surface area contributed by atoms with Gasteiger partial charge in [0.15, 0.2) is 11.6 Å². The molecular formula is C16H18FN3O. The molecule has 2 heterocycles. The van der Waals surface area contributed by atoms with Crippen LogP contribution >= 0.6 is 0 Å². The highest BCUT2D eigenvalue weighted by atomic mass is 19.1. The van der Waals surface area contributed by atoms with Crippen molar-refractivity contribution >= 4 is 5.82 Å².